The maximum Gasteiger partial charge on any atom is 0.270 e. The van der Waals surface area contributed by atoms with Crippen LogP contribution in [0.1, 0.15) is 33.2 Å². The molecule has 0 aliphatic heterocycles. The van der Waals surface area contributed by atoms with E-state index in [-0.39, 0.29) is 27.7 Å². The van der Waals surface area contributed by atoms with E-state index < -0.39 is 10.8 Å². The first-order valence-corrected chi connectivity index (χ1v) is 9.51. The summed E-state index contributed by atoms with van der Waals surface area (Å²) in [5.74, 6) is -0.961. The van der Waals surface area contributed by atoms with E-state index in [4.69, 9.17) is 11.6 Å². The van der Waals surface area contributed by atoms with Crippen molar-refractivity contribution < 1.29 is 14.5 Å². The van der Waals surface area contributed by atoms with Gasteiger partial charge in [-0.3, -0.25) is 19.7 Å². The van der Waals surface area contributed by atoms with Gasteiger partial charge < -0.3 is 10.6 Å². The molecular formula is C22H18ClN3O4. The van der Waals surface area contributed by atoms with E-state index in [9.17, 15) is 19.7 Å². The molecule has 30 heavy (non-hydrogen) atoms. The van der Waals surface area contributed by atoms with E-state index in [1.54, 1.807) is 30.3 Å². The van der Waals surface area contributed by atoms with Crippen LogP contribution in [0.5, 0.6) is 0 Å². The lowest BCUT2D eigenvalue weighted by Gasteiger charge is -2.12. The van der Waals surface area contributed by atoms with E-state index >= 15 is 0 Å². The van der Waals surface area contributed by atoms with Crippen LogP contribution in [0.2, 0.25) is 5.02 Å². The second-order valence-electron chi connectivity index (χ2n) is 6.43. The van der Waals surface area contributed by atoms with Crippen molar-refractivity contribution in [3.63, 3.8) is 0 Å². The number of nitro groups is 1. The van der Waals surface area contributed by atoms with Crippen LogP contribution in [0.15, 0.2) is 66.7 Å². The number of para-hydroxylation sites is 1. The Balaban J connectivity index is 1.82. The van der Waals surface area contributed by atoms with Gasteiger partial charge in [-0.15, -0.1) is 0 Å². The average molecular weight is 424 g/mol. The van der Waals surface area contributed by atoms with E-state index in [1.807, 2.05) is 25.1 Å². The highest BCUT2D eigenvalue weighted by molar-refractivity contribution is 6.34. The minimum absolute atomic E-state index is 0.0555. The van der Waals surface area contributed by atoms with Gasteiger partial charge in [0.1, 0.15) is 0 Å². The fourth-order valence-electron chi connectivity index (χ4n) is 2.85. The third kappa shape index (κ3) is 4.82. The zero-order valence-electron chi connectivity index (χ0n) is 16.0. The molecule has 2 N–H and O–H groups in total. The number of nitrogens with zero attached hydrogens (tertiary/aromatic N) is 1. The van der Waals surface area contributed by atoms with E-state index in [1.165, 1.54) is 12.1 Å². The van der Waals surface area contributed by atoms with E-state index in [2.05, 4.69) is 10.6 Å². The van der Waals surface area contributed by atoms with Crippen LogP contribution < -0.4 is 10.6 Å². The Morgan fingerprint density at radius 1 is 0.933 bits per heavy atom. The number of non-ortho nitro benzene ring substituents is 1. The molecule has 8 heteroatoms. The van der Waals surface area contributed by atoms with Crippen molar-refractivity contribution in [3.05, 3.63) is 98.6 Å². The highest BCUT2D eigenvalue weighted by Crippen LogP contribution is 2.25. The SMILES string of the molecule is CCc1cccc(NC(=O)c2ccccc2NC(=O)c2ccc([N+](=O)[O-])cc2Cl)c1. The first kappa shape index (κ1) is 21.0. The lowest BCUT2D eigenvalue weighted by molar-refractivity contribution is -0.384. The molecule has 7 nitrogen and oxygen atoms in total. The number of carbonyl (C=O) groups excluding carboxylic acids is 2. The summed E-state index contributed by atoms with van der Waals surface area (Å²) in [6, 6.07) is 17.6. The number of aryl methyl sites for hydroxylation is 1. The lowest BCUT2D eigenvalue weighted by atomic mass is 10.1. The van der Waals surface area contributed by atoms with Crippen LogP contribution in [0, 0.1) is 10.1 Å². The largest absolute Gasteiger partial charge is 0.322 e. The van der Waals surface area contributed by atoms with Gasteiger partial charge in [0.2, 0.25) is 0 Å². The fourth-order valence-corrected chi connectivity index (χ4v) is 3.11. The number of nitro benzene ring substituents is 1. The van der Waals surface area contributed by atoms with Gasteiger partial charge in [0.15, 0.2) is 0 Å². The summed E-state index contributed by atoms with van der Waals surface area (Å²) < 4.78 is 0. The third-order valence-electron chi connectivity index (χ3n) is 4.42. The van der Waals surface area contributed by atoms with Gasteiger partial charge in [-0.25, -0.2) is 0 Å². The zero-order chi connectivity index (χ0) is 21.7. The minimum atomic E-state index is -0.596. The molecule has 0 bridgehead atoms. The summed E-state index contributed by atoms with van der Waals surface area (Å²) in [4.78, 5) is 35.7. The first-order valence-electron chi connectivity index (χ1n) is 9.13. The standard InChI is InChI=1S/C22H18ClN3O4/c1-2-14-6-5-7-15(12-14)24-22(28)18-8-3-4-9-20(18)25-21(27)17-11-10-16(26(29)30)13-19(17)23/h3-13H,2H2,1H3,(H,24,28)(H,25,27). The number of carbonyl (C=O) groups is 2. The summed E-state index contributed by atoms with van der Waals surface area (Å²) in [5, 5.41) is 16.3. The molecule has 0 aliphatic rings. The van der Waals surface area contributed by atoms with Crippen molar-refractivity contribution >= 4 is 40.5 Å². The summed E-state index contributed by atoms with van der Waals surface area (Å²) in [6.45, 7) is 2.02. The van der Waals surface area contributed by atoms with Gasteiger partial charge >= 0.3 is 0 Å². The Bertz CT molecular complexity index is 1130. The second kappa shape index (κ2) is 9.19. The topological polar surface area (TPSA) is 101 Å². The number of nitrogens with one attached hydrogen (secondary N) is 2. The van der Waals surface area contributed by atoms with Crippen LogP contribution in [0.25, 0.3) is 0 Å². The summed E-state index contributed by atoms with van der Waals surface area (Å²) in [7, 11) is 0. The van der Waals surface area contributed by atoms with Gasteiger partial charge in [0.25, 0.3) is 17.5 Å². The molecule has 0 saturated heterocycles. The Morgan fingerprint density at radius 3 is 2.37 bits per heavy atom. The van der Waals surface area contributed by atoms with Crippen LogP contribution in [-0.2, 0) is 6.42 Å². The molecule has 3 aromatic rings. The zero-order valence-corrected chi connectivity index (χ0v) is 16.8. The molecule has 0 atom stereocenters. The van der Waals surface area contributed by atoms with Crippen molar-refractivity contribution in [2.75, 3.05) is 10.6 Å². The molecule has 0 fully saturated rings. The second-order valence-corrected chi connectivity index (χ2v) is 6.84. The first-order chi connectivity index (χ1) is 14.4. The predicted octanol–water partition coefficient (Wildman–Crippen LogP) is 5.32. The molecular weight excluding hydrogens is 406 g/mol. The molecule has 0 unspecified atom stereocenters. The van der Waals surface area contributed by atoms with Gasteiger partial charge in [-0.2, -0.15) is 0 Å². The van der Waals surface area contributed by atoms with Crippen molar-refractivity contribution in [3.8, 4) is 0 Å². The number of amides is 2. The third-order valence-corrected chi connectivity index (χ3v) is 4.73. The fraction of sp³-hybridized carbons (Fsp3) is 0.0909. The smallest absolute Gasteiger partial charge is 0.270 e. The Morgan fingerprint density at radius 2 is 1.67 bits per heavy atom. The molecule has 3 aromatic carbocycles. The molecule has 152 valence electrons. The quantitative estimate of drug-likeness (QED) is 0.414. The summed E-state index contributed by atoms with van der Waals surface area (Å²) >= 11 is 6.03. The average Bonchev–Trinajstić information content (AvgIpc) is 2.74. The number of rotatable bonds is 6. The van der Waals surface area contributed by atoms with Crippen LogP contribution in [0.3, 0.4) is 0 Å². The number of hydrogen-bond acceptors (Lipinski definition) is 4. The molecule has 0 spiro atoms. The van der Waals surface area contributed by atoms with Crippen molar-refractivity contribution in [1.29, 1.82) is 0 Å². The van der Waals surface area contributed by atoms with Gasteiger partial charge in [0, 0.05) is 17.8 Å². The normalized spacial score (nSPS) is 10.3. The predicted molar refractivity (Wildman–Crippen MR) is 116 cm³/mol. The van der Waals surface area contributed by atoms with Gasteiger partial charge in [0.05, 0.1) is 26.8 Å². The molecule has 0 aliphatic carbocycles. The molecule has 3 rings (SSSR count). The highest BCUT2D eigenvalue weighted by atomic mass is 35.5. The van der Waals surface area contributed by atoms with Crippen LogP contribution >= 0.6 is 11.6 Å². The Kier molecular flexibility index (Phi) is 6.44. The molecule has 0 aromatic heterocycles. The Labute approximate surface area is 177 Å². The summed E-state index contributed by atoms with van der Waals surface area (Å²) in [5.41, 5.74) is 2.15. The van der Waals surface area contributed by atoms with Crippen LogP contribution in [0.4, 0.5) is 17.1 Å². The van der Waals surface area contributed by atoms with Crippen molar-refractivity contribution in [1.82, 2.24) is 0 Å². The monoisotopic (exact) mass is 423 g/mol. The summed E-state index contributed by atoms with van der Waals surface area (Å²) in [6.07, 6.45) is 0.840. The van der Waals surface area contributed by atoms with Crippen molar-refractivity contribution in [2.45, 2.75) is 13.3 Å². The van der Waals surface area contributed by atoms with Gasteiger partial charge in [-0.1, -0.05) is 42.8 Å². The molecule has 0 saturated carbocycles. The maximum absolute atomic E-state index is 12.8. The van der Waals surface area contributed by atoms with Gasteiger partial charge in [-0.05, 0) is 42.3 Å². The maximum atomic E-state index is 12.8. The van der Waals surface area contributed by atoms with Crippen molar-refractivity contribution in [2.24, 2.45) is 0 Å². The molecule has 2 amide bonds. The lowest BCUT2D eigenvalue weighted by Crippen LogP contribution is -2.18. The molecule has 0 heterocycles. The van der Waals surface area contributed by atoms with E-state index in [0.29, 0.717) is 11.4 Å². The number of halogens is 1. The Hall–Kier alpha value is -3.71. The minimum Gasteiger partial charge on any atom is -0.322 e. The highest BCUT2D eigenvalue weighted by Gasteiger charge is 2.18. The number of hydrogen-bond donors (Lipinski definition) is 2. The number of anilines is 2. The van der Waals surface area contributed by atoms with Crippen LogP contribution in [-0.4, -0.2) is 16.7 Å². The molecule has 0 radical (unpaired) electrons. The number of benzene rings is 3. The van der Waals surface area contributed by atoms with E-state index in [0.717, 1.165) is 18.1 Å².